The van der Waals surface area contributed by atoms with Crippen LogP contribution in [0.1, 0.15) is 67.2 Å². The first-order chi connectivity index (χ1) is 15.9. The molecule has 3 rings (SSSR count). The second-order valence-electron chi connectivity index (χ2n) is 9.97. The average molecular weight is 477 g/mol. The Balaban J connectivity index is 1.97. The third-order valence-electron chi connectivity index (χ3n) is 6.62. The Labute approximate surface area is 201 Å². The fourth-order valence-corrected chi connectivity index (χ4v) is 4.95. The lowest BCUT2D eigenvalue weighted by Gasteiger charge is -2.40. The van der Waals surface area contributed by atoms with E-state index in [9.17, 15) is 14.4 Å². The van der Waals surface area contributed by atoms with E-state index in [1.54, 1.807) is 6.26 Å². The second-order valence-corrected chi connectivity index (χ2v) is 9.97. The second kappa shape index (κ2) is 10.3. The van der Waals surface area contributed by atoms with Crippen LogP contribution in [0.15, 0.2) is 35.6 Å². The number of carbonyl (C=O) groups is 3. The van der Waals surface area contributed by atoms with E-state index in [1.165, 1.54) is 20.8 Å². The first kappa shape index (κ1) is 26.0. The summed E-state index contributed by atoms with van der Waals surface area (Å²) in [4.78, 5) is 35.5. The molecule has 2 aliphatic heterocycles. The predicted octanol–water partition coefficient (Wildman–Crippen LogP) is 4.14. The Hall–Kier alpha value is -2.61. The quantitative estimate of drug-likeness (QED) is 0.244. The largest absolute Gasteiger partial charge is 0.462 e. The van der Waals surface area contributed by atoms with Gasteiger partial charge in [-0.1, -0.05) is 17.7 Å². The molecule has 3 aliphatic rings. The first-order valence-electron chi connectivity index (χ1n) is 11.8. The van der Waals surface area contributed by atoms with Crippen LogP contribution in [-0.4, -0.2) is 48.1 Å². The lowest BCUT2D eigenvalue weighted by atomic mass is 9.74. The fourth-order valence-electron chi connectivity index (χ4n) is 4.95. The van der Waals surface area contributed by atoms with E-state index in [0.29, 0.717) is 25.7 Å². The zero-order valence-corrected chi connectivity index (χ0v) is 20.9. The molecule has 0 aromatic heterocycles. The smallest absolute Gasteiger partial charge is 0.305 e. The number of hydrogen-bond acceptors (Lipinski definition) is 8. The van der Waals surface area contributed by atoms with E-state index in [0.717, 1.165) is 16.7 Å². The van der Waals surface area contributed by atoms with Gasteiger partial charge < -0.3 is 23.7 Å². The van der Waals surface area contributed by atoms with Gasteiger partial charge >= 0.3 is 17.9 Å². The molecule has 3 unspecified atom stereocenters. The van der Waals surface area contributed by atoms with Crippen molar-refractivity contribution in [3.8, 4) is 0 Å². The van der Waals surface area contributed by atoms with Crippen molar-refractivity contribution >= 4 is 17.9 Å². The van der Waals surface area contributed by atoms with Crippen LogP contribution in [0.4, 0.5) is 0 Å². The van der Waals surface area contributed by atoms with Gasteiger partial charge in [0.05, 0.1) is 23.9 Å². The van der Waals surface area contributed by atoms with Gasteiger partial charge in [-0.15, -0.1) is 0 Å². The molecule has 1 saturated heterocycles. The van der Waals surface area contributed by atoms with Crippen molar-refractivity contribution in [2.75, 3.05) is 0 Å². The van der Waals surface area contributed by atoms with Crippen molar-refractivity contribution in [1.82, 2.24) is 0 Å². The molecule has 0 spiro atoms. The summed E-state index contributed by atoms with van der Waals surface area (Å²) in [7, 11) is 0. The van der Waals surface area contributed by atoms with Gasteiger partial charge in [-0.3, -0.25) is 14.4 Å². The van der Waals surface area contributed by atoms with Crippen LogP contribution in [-0.2, 0) is 38.1 Å². The summed E-state index contributed by atoms with van der Waals surface area (Å²) in [5.74, 6) is -1.79. The third-order valence-corrected chi connectivity index (χ3v) is 6.62. The molecule has 8 nitrogen and oxygen atoms in total. The van der Waals surface area contributed by atoms with Crippen molar-refractivity contribution in [3.05, 3.63) is 35.6 Å². The van der Waals surface area contributed by atoms with Gasteiger partial charge in [0.25, 0.3) is 0 Å². The summed E-state index contributed by atoms with van der Waals surface area (Å²) in [6.45, 7) is 14.4. The van der Waals surface area contributed by atoms with Crippen molar-refractivity contribution in [1.29, 1.82) is 0 Å². The maximum absolute atomic E-state index is 12.0. The highest BCUT2D eigenvalue weighted by atomic mass is 16.7. The van der Waals surface area contributed by atoms with Gasteiger partial charge in [0, 0.05) is 45.1 Å². The van der Waals surface area contributed by atoms with Crippen LogP contribution >= 0.6 is 0 Å². The SMILES string of the molecule is C=C1C[C@@H](OC(C)=O)/C=C(\C)CC[C@@H]2C(C(CC3OC3(C)C)OC(C)=O)=COC(OC(C)=O)[C@@H]12. The lowest BCUT2D eigenvalue weighted by molar-refractivity contribution is -0.181. The molecule has 8 heteroatoms. The lowest BCUT2D eigenvalue weighted by Crippen LogP contribution is -2.42. The van der Waals surface area contributed by atoms with Crippen LogP contribution in [0.25, 0.3) is 0 Å². The van der Waals surface area contributed by atoms with Gasteiger partial charge in [0.15, 0.2) is 0 Å². The molecule has 34 heavy (non-hydrogen) atoms. The number of rotatable bonds is 6. The minimum Gasteiger partial charge on any atom is -0.462 e. The topological polar surface area (TPSA) is 101 Å². The Morgan fingerprint density at radius 3 is 2.35 bits per heavy atom. The Bertz CT molecular complexity index is 898. The van der Waals surface area contributed by atoms with Crippen molar-refractivity contribution in [2.45, 2.75) is 97.4 Å². The summed E-state index contributed by atoms with van der Waals surface area (Å²) in [6.07, 6.45) is 3.86. The molecule has 2 heterocycles. The van der Waals surface area contributed by atoms with Crippen LogP contribution < -0.4 is 0 Å². The standard InChI is InChI=1S/C26H36O8/c1-14-8-9-20-21(22(32-17(4)28)12-23-26(6,7)34-23)13-30-25(33-18(5)29)24(20)15(2)11-19(10-14)31-16(3)27/h10,13,19-20,22-25H,2,8-9,11-12H2,1,3-7H3/b14-10+/t19-,20+,22?,23?,24-,25?/m0/s1. The minimum atomic E-state index is -0.873. The molecule has 0 radical (unpaired) electrons. The summed E-state index contributed by atoms with van der Waals surface area (Å²) in [5, 5.41) is 0. The highest BCUT2D eigenvalue weighted by Crippen LogP contribution is 2.46. The summed E-state index contributed by atoms with van der Waals surface area (Å²) in [5.41, 5.74) is 2.36. The van der Waals surface area contributed by atoms with Crippen molar-refractivity contribution in [3.63, 3.8) is 0 Å². The highest BCUT2D eigenvalue weighted by molar-refractivity contribution is 5.67. The molecule has 0 bridgehead atoms. The zero-order chi connectivity index (χ0) is 25.2. The van der Waals surface area contributed by atoms with E-state index in [1.807, 2.05) is 26.8 Å². The van der Waals surface area contributed by atoms with Crippen LogP contribution in [0.5, 0.6) is 0 Å². The first-order valence-corrected chi connectivity index (χ1v) is 11.8. The maximum atomic E-state index is 12.0. The summed E-state index contributed by atoms with van der Waals surface area (Å²) >= 11 is 0. The normalized spacial score (nSPS) is 32.6. The Morgan fingerprint density at radius 1 is 1.15 bits per heavy atom. The molecule has 0 amide bonds. The number of hydrogen-bond donors (Lipinski definition) is 0. The molecule has 1 fully saturated rings. The van der Waals surface area contributed by atoms with Gasteiger partial charge in [0.1, 0.15) is 12.2 Å². The monoisotopic (exact) mass is 476 g/mol. The molecule has 0 aromatic rings. The van der Waals surface area contributed by atoms with Crippen LogP contribution in [0.3, 0.4) is 0 Å². The summed E-state index contributed by atoms with van der Waals surface area (Å²) in [6, 6.07) is 0. The van der Waals surface area contributed by atoms with Crippen LogP contribution in [0.2, 0.25) is 0 Å². The minimum absolute atomic E-state index is 0.0445. The number of fused-ring (bicyclic) bond motifs is 1. The number of allylic oxidation sites excluding steroid dienone is 1. The number of epoxide rings is 1. The van der Waals surface area contributed by atoms with Crippen LogP contribution in [0, 0.1) is 11.8 Å². The molecular formula is C26H36O8. The third kappa shape index (κ3) is 6.50. The van der Waals surface area contributed by atoms with Gasteiger partial charge in [-0.2, -0.15) is 0 Å². The van der Waals surface area contributed by atoms with Crippen molar-refractivity contribution < 1.29 is 38.1 Å². The fraction of sp³-hybridized carbons (Fsp3) is 0.654. The molecular weight excluding hydrogens is 440 g/mol. The Kier molecular flexibility index (Phi) is 7.91. The average Bonchev–Trinajstić information content (AvgIpc) is 3.27. The Morgan fingerprint density at radius 2 is 1.79 bits per heavy atom. The number of ether oxygens (including phenoxy) is 5. The van der Waals surface area contributed by atoms with E-state index in [2.05, 4.69) is 6.58 Å². The predicted molar refractivity (Wildman–Crippen MR) is 123 cm³/mol. The molecule has 0 N–H and O–H groups in total. The maximum Gasteiger partial charge on any atom is 0.305 e. The molecule has 1 aliphatic carbocycles. The molecule has 0 saturated carbocycles. The van der Waals surface area contributed by atoms with E-state index >= 15 is 0 Å². The van der Waals surface area contributed by atoms with Gasteiger partial charge in [-0.05, 0) is 39.7 Å². The number of carbonyl (C=O) groups excluding carboxylic acids is 3. The highest BCUT2D eigenvalue weighted by Gasteiger charge is 2.51. The van der Waals surface area contributed by atoms with E-state index in [-0.39, 0.29) is 23.6 Å². The van der Waals surface area contributed by atoms with Crippen molar-refractivity contribution in [2.24, 2.45) is 11.8 Å². The zero-order valence-electron chi connectivity index (χ0n) is 20.9. The molecule has 0 aromatic carbocycles. The molecule has 6 atom stereocenters. The number of esters is 3. The molecule has 188 valence electrons. The van der Waals surface area contributed by atoms with Gasteiger partial charge in [-0.25, -0.2) is 0 Å². The van der Waals surface area contributed by atoms with E-state index < -0.39 is 36.4 Å². The van der Waals surface area contributed by atoms with Gasteiger partial charge in [0.2, 0.25) is 6.29 Å². The van der Waals surface area contributed by atoms with E-state index in [4.69, 9.17) is 23.7 Å². The summed E-state index contributed by atoms with van der Waals surface area (Å²) < 4.78 is 28.5.